The molecule has 0 unspecified atom stereocenters. The van der Waals surface area contributed by atoms with Crippen molar-refractivity contribution in [3.8, 4) is 67.0 Å². The van der Waals surface area contributed by atoms with E-state index in [1.165, 1.54) is 149 Å². The minimum Gasteiger partial charge on any atom is -0.309 e. The Labute approximate surface area is 445 Å². The second-order valence-corrected chi connectivity index (χ2v) is 21.0. The van der Waals surface area contributed by atoms with Crippen molar-refractivity contribution in [2.75, 3.05) is 0 Å². The van der Waals surface area contributed by atoms with Gasteiger partial charge in [-0.15, -0.1) is 0 Å². The molecular weight excluding hydrogens is 929 g/mol. The van der Waals surface area contributed by atoms with E-state index in [9.17, 15) is 0 Å². The van der Waals surface area contributed by atoms with Crippen molar-refractivity contribution in [3.63, 3.8) is 0 Å². The number of rotatable bonds is 5. The molecule has 356 valence electrons. The largest absolute Gasteiger partial charge is 0.309 e. The van der Waals surface area contributed by atoms with Crippen molar-refractivity contribution in [2.45, 2.75) is 5.41 Å². The van der Waals surface area contributed by atoms with E-state index in [4.69, 9.17) is 0 Å². The summed E-state index contributed by atoms with van der Waals surface area (Å²) < 4.78 is 4.90. The maximum Gasteiger partial charge on any atom is 0.0726 e. The highest BCUT2D eigenvalue weighted by Gasteiger charge is 2.52. The molecule has 2 aromatic heterocycles. The first-order chi connectivity index (χ1) is 38.2. The Morgan fingerprint density at radius 1 is 0.208 bits per heavy atom. The Bertz CT molecular complexity index is 4870. The zero-order valence-corrected chi connectivity index (χ0v) is 42.0. The van der Waals surface area contributed by atoms with E-state index in [1.807, 2.05) is 0 Å². The lowest BCUT2D eigenvalue weighted by atomic mass is 9.70. The van der Waals surface area contributed by atoms with E-state index in [1.54, 1.807) is 0 Å². The number of benzene rings is 13. The van der Waals surface area contributed by atoms with E-state index >= 15 is 0 Å². The fourth-order valence-electron chi connectivity index (χ4n) is 14.2. The minimum atomic E-state index is -0.562. The average Bonchev–Trinajstić information content (AvgIpc) is 4.41. The topological polar surface area (TPSA) is 9.86 Å². The highest BCUT2D eigenvalue weighted by Crippen LogP contribution is 2.64. The predicted molar refractivity (Wildman–Crippen MR) is 323 cm³/mol. The molecule has 2 aliphatic rings. The Morgan fingerprint density at radius 2 is 0.597 bits per heavy atom. The molecule has 0 saturated carbocycles. The molecule has 0 amide bonds. The molecule has 0 N–H and O–H groups in total. The van der Waals surface area contributed by atoms with Crippen molar-refractivity contribution in [1.82, 2.24) is 9.13 Å². The van der Waals surface area contributed by atoms with Gasteiger partial charge in [-0.1, -0.05) is 212 Å². The fraction of sp³-hybridized carbons (Fsp3) is 0.0133. The monoisotopic (exact) mass is 974 g/mol. The van der Waals surface area contributed by atoms with Crippen LogP contribution < -0.4 is 0 Å². The van der Waals surface area contributed by atoms with E-state index in [0.717, 1.165) is 5.69 Å². The first-order valence-electron chi connectivity index (χ1n) is 26.8. The first kappa shape index (κ1) is 42.3. The van der Waals surface area contributed by atoms with Crippen LogP contribution in [0, 0.1) is 0 Å². The quantitative estimate of drug-likeness (QED) is 0.152. The Kier molecular flexibility index (Phi) is 8.80. The summed E-state index contributed by atoms with van der Waals surface area (Å²) in [6.07, 6.45) is 0. The van der Waals surface area contributed by atoms with Crippen LogP contribution in [0.15, 0.2) is 279 Å². The summed E-state index contributed by atoms with van der Waals surface area (Å²) in [5, 5.41) is 10.0. The average molecular weight is 975 g/mol. The molecule has 0 bridgehead atoms. The van der Waals surface area contributed by atoms with Crippen LogP contribution in [0.25, 0.3) is 132 Å². The molecule has 2 heteroatoms. The molecule has 0 radical (unpaired) electrons. The molecule has 0 aliphatic heterocycles. The van der Waals surface area contributed by atoms with Gasteiger partial charge in [0.2, 0.25) is 0 Å². The summed E-state index contributed by atoms with van der Waals surface area (Å²) in [7, 11) is 0. The second kappa shape index (κ2) is 16.0. The van der Waals surface area contributed by atoms with Crippen molar-refractivity contribution in [2.24, 2.45) is 0 Å². The van der Waals surface area contributed by atoms with Crippen LogP contribution in [0.1, 0.15) is 22.3 Å². The summed E-state index contributed by atoms with van der Waals surface area (Å²) in [4.78, 5) is 0. The van der Waals surface area contributed by atoms with Crippen molar-refractivity contribution < 1.29 is 0 Å². The Hall–Kier alpha value is -10.0. The lowest BCUT2D eigenvalue weighted by Crippen LogP contribution is -2.26. The van der Waals surface area contributed by atoms with Crippen LogP contribution >= 0.6 is 0 Å². The molecule has 77 heavy (non-hydrogen) atoms. The molecule has 1 spiro atoms. The van der Waals surface area contributed by atoms with Gasteiger partial charge in [0, 0.05) is 32.9 Å². The van der Waals surface area contributed by atoms with Crippen LogP contribution in [0.4, 0.5) is 0 Å². The Morgan fingerprint density at radius 3 is 1.16 bits per heavy atom. The van der Waals surface area contributed by atoms with Gasteiger partial charge in [0.1, 0.15) is 0 Å². The van der Waals surface area contributed by atoms with Crippen LogP contribution in [0.2, 0.25) is 0 Å². The van der Waals surface area contributed by atoms with Gasteiger partial charge in [0.05, 0.1) is 27.5 Å². The summed E-state index contributed by atoms with van der Waals surface area (Å²) in [5.74, 6) is 0. The Balaban J connectivity index is 0.872. The molecule has 0 atom stereocenters. The third-order valence-electron chi connectivity index (χ3n) is 17.3. The minimum absolute atomic E-state index is 0.562. The third kappa shape index (κ3) is 5.79. The lowest BCUT2D eigenvalue weighted by molar-refractivity contribution is 0.793. The maximum atomic E-state index is 2.56. The van der Waals surface area contributed by atoms with E-state index in [2.05, 4.69) is 288 Å². The predicted octanol–water partition coefficient (Wildman–Crippen LogP) is 19.5. The number of hydrogen-bond donors (Lipinski definition) is 0. The van der Waals surface area contributed by atoms with Crippen molar-refractivity contribution >= 4 is 65.2 Å². The molecule has 17 rings (SSSR count). The number of fused-ring (bicyclic) bond motifs is 18. The summed E-state index contributed by atoms with van der Waals surface area (Å²) >= 11 is 0. The zero-order valence-electron chi connectivity index (χ0n) is 42.0. The number of aromatic nitrogens is 2. The summed E-state index contributed by atoms with van der Waals surface area (Å²) in [5.41, 5.74) is 24.5. The van der Waals surface area contributed by atoms with Gasteiger partial charge >= 0.3 is 0 Å². The zero-order chi connectivity index (χ0) is 50.3. The van der Waals surface area contributed by atoms with E-state index < -0.39 is 5.41 Å². The van der Waals surface area contributed by atoms with E-state index in [-0.39, 0.29) is 0 Å². The molecule has 0 saturated heterocycles. The number of para-hydroxylation sites is 3. The second-order valence-electron chi connectivity index (χ2n) is 21.0. The standard InChI is InChI=1S/C75H46N2/c1-3-19-47(20-4-1)73-59-27-7-9-29-61(59)74(62-30-10-8-28-60(62)73)50-35-39-55-56-40-38-52(46-68(56)75(67(55)45-50)65-31-15-11-23-53(65)54-24-12-16-32-66(54)75)77-70-34-18-14-26-58(70)64-44-49(37-42-72(64)77)48-36-41-71-63(43-48)57-25-13-17-33-69(57)76(71)51-21-5-2-6-22-51/h1-46H. The van der Waals surface area contributed by atoms with Crippen LogP contribution in [0.3, 0.4) is 0 Å². The van der Waals surface area contributed by atoms with Gasteiger partial charge in [0.25, 0.3) is 0 Å². The molecule has 13 aromatic carbocycles. The molecule has 2 nitrogen and oxygen atoms in total. The van der Waals surface area contributed by atoms with E-state index in [0.29, 0.717) is 0 Å². The fourth-order valence-corrected chi connectivity index (χ4v) is 14.2. The highest BCUT2D eigenvalue weighted by molar-refractivity contribution is 6.22. The van der Waals surface area contributed by atoms with Gasteiger partial charge in [-0.25, -0.2) is 0 Å². The van der Waals surface area contributed by atoms with Gasteiger partial charge in [-0.2, -0.15) is 0 Å². The molecule has 2 aliphatic carbocycles. The van der Waals surface area contributed by atoms with Crippen molar-refractivity contribution in [1.29, 1.82) is 0 Å². The van der Waals surface area contributed by atoms with Gasteiger partial charge in [-0.05, 0) is 166 Å². The number of nitrogens with zero attached hydrogens (tertiary/aromatic N) is 2. The smallest absolute Gasteiger partial charge is 0.0726 e. The molecule has 0 fully saturated rings. The normalized spacial score (nSPS) is 13.0. The highest BCUT2D eigenvalue weighted by atomic mass is 15.0. The molecular formula is C75H46N2. The number of hydrogen-bond acceptors (Lipinski definition) is 0. The maximum absolute atomic E-state index is 2.56. The van der Waals surface area contributed by atoms with Gasteiger partial charge < -0.3 is 9.13 Å². The molecule has 15 aromatic rings. The van der Waals surface area contributed by atoms with Gasteiger partial charge in [0.15, 0.2) is 0 Å². The third-order valence-corrected chi connectivity index (χ3v) is 17.3. The lowest BCUT2D eigenvalue weighted by Gasteiger charge is -2.31. The molecule has 2 heterocycles. The SMILES string of the molecule is c1ccc(-c2c3ccccc3c(-c3ccc4c(c3)C3(c5ccccc5-c5ccccc53)c3cc(-n5c6ccccc6c6cc(-c7ccc8c(c7)c7ccccc7n8-c7ccccc7)ccc65)ccc3-4)c3ccccc23)cc1. The van der Waals surface area contributed by atoms with Crippen molar-refractivity contribution in [3.05, 3.63) is 301 Å². The van der Waals surface area contributed by atoms with Crippen LogP contribution in [0.5, 0.6) is 0 Å². The first-order valence-corrected chi connectivity index (χ1v) is 26.8. The van der Waals surface area contributed by atoms with Gasteiger partial charge in [-0.3, -0.25) is 0 Å². The van der Waals surface area contributed by atoms with Crippen LogP contribution in [-0.4, -0.2) is 9.13 Å². The van der Waals surface area contributed by atoms with Crippen LogP contribution in [-0.2, 0) is 5.41 Å². The summed E-state index contributed by atoms with van der Waals surface area (Å²) in [6.45, 7) is 0. The summed E-state index contributed by atoms with van der Waals surface area (Å²) in [6, 6.07) is 105.